The molecule has 4 rings (SSSR count). The van der Waals surface area contributed by atoms with Crippen LogP contribution >= 0.6 is 0 Å². The second-order valence-corrected chi connectivity index (χ2v) is 8.61. The molecule has 3 aromatic carbocycles. The lowest BCUT2D eigenvalue weighted by Crippen LogP contribution is -2.28. The molecule has 0 aliphatic carbocycles. The molecule has 0 amide bonds. The second-order valence-electron chi connectivity index (χ2n) is 8.61. The fourth-order valence-corrected chi connectivity index (χ4v) is 4.11. The van der Waals surface area contributed by atoms with Crippen molar-refractivity contribution in [3.63, 3.8) is 0 Å². The van der Waals surface area contributed by atoms with Crippen LogP contribution in [0, 0.1) is 17.5 Å². The standard InChI is InChI=1S/C29H29F3O2/c1-3-4-5-6-7-22-12-15-26(29(32)28(22)31)21-10-8-20(9-11-21)25-14-13-23(16-27(25)30)24-17-33-19(2)34-18-24/h5-6,8-16,19,24H,3-4,7,17-18H2,1-2H3/b6-5-. The van der Waals surface area contributed by atoms with Crippen molar-refractivity contribution in [1.82, 2.24) is 0 Å². The van der Waals surface area contributed by atoms with Crippen molar-refractivity contribution in [3.8, 4) is 22.3 Å². The van der Waals surface area contributed by atoms with E-state index in [1.54, 1.807) is 42.5 Å². The van der Waals surface area contributed by atoms with E-state index in [-0.39, 0.29) is 23.6 Å². The lowest BCUT2D eigenvalue weighted by molar-refractivity contribution is -0.176. The van der Waals surface area contributed by atoms with Gasteiger partial charge in [-0.3, -0.25) is 0 Å². The van der Waals surface area contributed by atoms with E-state index in [1.807, 2.05) is 25.1 Å². The lowest BCUT2D eigenvalue weighted by Gasteiger charge is -2.27. The molecule has 0 radical (unpaired) electrons. The molecule has 0 saturated carbocycles. The van der Waals surface area contributed by atoms with Crippen LogP contribution in [0.3, 0.4) is 0 Å². The molecular formula is C29H29F3O2. The first-order chi connectivity index (χ1) is 16.5. The Morgan fingerprint density at radius 1 is 0.824 bits per heavy atom. The van der Waals surface area contributed by atoms with Gasteiger partial charge in [-0.15, -0.1) is 0 Å². The second kappa shape index (κ2) is 11.0. The molecule has 0 atom stereocenters. The summed E-state index contributed by atoms with van der Waals surface area (Å²) >= 11 is 0. The van der Waals surface area contributed by atoms with Gasteiger partial charge in [0.2, 0.25) is 0 Å². The molecule has 0 bridgehead atoms. The molecule has 3 aromatic rings. The Morgan fingerprint density at radius 2 is 1.47 bits per heavy atom. The van der Waals surface area contributed by atoms with Gasteiger partial charge in [0.15, 0.2) is 17.9 Å². The SMILES string of the molecule is CCC/C=C\Cc1ccc(-c2ccc(-c3ccc(C4COC(C)OC4)cc3F)cc2)c(F)c1F. The van der Waals surface area contributed by atoms with Gasteiger partial charge in [-0.05, 0) is 48.1 Å². The maximum absolute atomic E-state index is 14.9. The van der Waals surface area contributed by atoms with Crippen LogP contribution in [0.5, 0.6) is 0 Å². The number of hydrogen-bond donors (Lipinski definition) is 0. The molecule has 1 aliphatic rings. The quantitative estimate of drug-likeness (QED) is 0.331. The highest BCUT2D eigenvalue weighted by Gasteiger charge is 2.22. The van der Waals surface area contributed by atoms with Gasteiger partial charge in [0, 0.05) is 17.0 Å². The minimum Gasteiger partial charge on any atom is -0.352 e. The highest BCUT2D eigenvalue weighted by atomic mass is 19.2. The molecule has 0 aromatic heterocycles. The molecular weight excluding hydrogens is 437 g/mol. The van der Waals surface area contributed by atoms with E-state index >= 15 is 0 Å². The van der Waals surface area contributed by atoms with Gasteiger partial charge in [0.25, 0.3) is 0 Å². The number of unbranched alkanes of at least 4 members (excludes halogenated alkanes) is 1. The average molecular weight is 467 g/mol. The van der Waals surface area contributed by atoms with Gasteiger partial charge in [0.1, 0.15) is 5.82 Å². The minimum atomic E-state index is -0.865. The summed E-state index contributed by atoms with van der Waals surface area (Å²) in [6, 6.07) is 15.2. The first kappa shape index (κ1) is 24.2. The van der Waals surface area contributed by atoms with Crippen LogP contribution in [0.15, 0.2) is 66.7 Å². The van der Waals surface area contributed by atoms with Crippen LogP contribution in [-0.2, 0) is 15.9 Å². The predicted molar refractivity (Wildman–Crippen MR) is 129 cm³/mol. The van der Waals surface area contributed by atoms with E-state index in [4.69, 9.17) is 9.47 Å². The molecule has 1 fully saturated rings. The average Bonchev–Trinajstić information content (AvgIpc) is 2.85. The molecule has 34 heavy (non-hydrogen) atoms. The lowest BCUT2D eigenvalue weighted by atomic mass is 9.95. The molecule has 1 heterocycles. The van der Waals surface area contributed by atoms with Crippen molar-refractivity contribution in [2.24, 2.45) is 0 Å². The Morgan fingerprint density at radius 3 is 2.12 bits per heavy atom. The zero-order chi connectivity index (χ0) is 24.1. The van der Waals surface area contributed by atoms with Gasteiger partial charge in [0.05, 0.1) is 13.2 Å². The first-order valence-electron chi connectivity index (χ1n) is 11.7. The van der Waals surface area contributed by atoms with Crippen LogP contribution in [0.25, 0.3) is 22.3 Å². The summed E-state index contributed by atoms with van der Waals surface area (Å²) in [4.78, 5) is 0. The van der Waals surface area contributed by atoms with Crippen molar-refractivity contribution in [3.05, 3.63) is 95.3 Å². The van der Waals surface area contributed by atoms with Crippen LogP contribution in [0.2, 0.25) is 0 Å². The van der Waals surface area contributed by atoms with Gasteiger partial charge in [-0.25, -0.2) is 13.2 Å². The maximum atomic E-state index is 14.9. The number of hydrogen-bond acceptors (Lipinski definition) is 2. The number of benzene rings is 3. The Hall–Kier alpha value is -2.89. The third kappa shape index (κ3) is 5.43. The predicted octanol–water partition coefficient (Wildman–Crippen LogP) is 7.81. The molecule has 1 saturated heterocycles. The number of halogens is 3. The Kier molecular flexibility index (Phi) is 7.86. The monoisotopic (exact) mass is 466 g/mol. The van der Waals surface area contributed by atoms with Gasteiger partial charge < -0.3 is 9.47 Å². The van der Waals surface area contributed by atoms with E-state index in [2.05, 4.69) is 6.92 Å². The normalized spacial score (nSPS) is 18.5. The van der Waals surface area contributed by atoms with Crippen LogP contribution < -0.4 is 0 Å². The fraction of sp³-hybridized carbons (Fsp3) is 0.310. The van der Waals surface area contributed by atoms with Gasteiger partial charge in [-0.1, -0.05) is 74.0 Å². The van der Waals surface area contributed by atoms with Crippen molar-refractivity contribution in [1.29, 1.82) is 0 Å². The number of rotatable bonds is 7. The van der Waals surface area contributed by atoms with Crippen molar-refractivity contribution in [2.75, 3.05) is 13.2 Å². The Balaban J connectivity index is 1.51. The molecule has 178 valence electrons. The third-order valence-corrected chi connectivity index (χ3v) is 6.16. The summed E-state index contributed by atoms with van der Waals surface area (Å²) in [5.74, 6) is -2.04. The van der Waals surface area contributed by atoms with Gasteiger partial charge in [-0.2, -0.15) is 0 Å². The Labute approximate surface area is 199 Å². The highest BCUT2D eigenvalue weighted by Crippen LogP contribution is 2.32. The molecule has 5 heteroatoms. The summed E-state index contributed by atoms with van der Waals surface area (Å²) < 4.78 is 55.3. The van der Waals surface area contributed by atoms with Crippen LogP contribution in [0.1, 0.15) is 43.7 Å². The summed E-state index contributed by atoms with van der Waals surface area (Å²) in [5.41, 5.74) is 2.99. The van der Waals surface area contributed by atoms with E-state index in [0.717, 1.165) is 18.4 Å². The topological polar surface area (TPSA) is 18.5 Å². The van der Waals surface area contributed by atoms with E-state index in [9.17, 15) is 13.2 Å². The molecule has 0 N–H and O–H groups in total. The summed E-state index contributed by atoms with van der Waals surface area (Å²) in [5, 5.41) is 0. The smallest absolute Gasteiger partial charge is 0.166 e. The minimum absolute atomic E-state index is 0.00916. The van der Waals surface area contributed by atoms with Crippen molar-refractivity contribution >= 4 is 0 Å². The van der Waals surface area contributed by atoms with E-state index in [0.29, 0.717) is 41.9 Å². The highest BCUT2D eigenvalue weighted by molar-refractivity contribution is 5.71. The number of allylic oxidation sites excluding steroid dienone is 2. The zero-order valence-electron chi connectivity index (χ0n) is 19.5. The third-order valence-electron chi connectivity index (χ3n) is 6.16. The number of ether oxygens (including phenoxy) is 2. The van der Waals surface area contributed by atoms with E-state index < -0.39 is 11.6 Å². The first-order valence-corrected chi connectivity index (χ1v) is 11.7. The molecule has 2 nitrogen and oxygen atoms in total. The summed E-state index contributed by atoms with van der Waals surface area (Å²) in [7, 11) is 0. The fourth-order valence-electron chi connectivity index (χ4n) is 4.11. The summed E-state index contributed by atoms with van der Waals surface area (Å²) in [6.07, 6.45) is 5.89. The molecule has 0 spiro atoms. The molecule has 0 unspecified atom stereocenters. The largest absolute Gasteiger partial charge is 0.352 e. The van der Waals surface area contributed by atoms with Crippen LogP contribution in [-0.4, -0.2) is 19.5 Å². The Bertz CT molecular complexity index is 1150. The van der Waals surface area contributed by atoms with Crippen LogP contribution in [0.4, 0.5) is 13.2 Å². The maximum Gasteiger partial charge on any atom is 0.166 e. The van der Waals surface area contributed by atoms with Gasteiger partial charge >= 0.3 is 0 Å². The van der Waals surface area contributed by atoms with E-state index in [1.165, 1.54) is 6.07 Å². The zero-order valence-corrected chi connectivity index (χ0v) is 19.5. The van der Waals surface area contributed by atoms with Crippen molar-refractivity contribution < 1.29 is 22.6 Å². The van der Waals surface area contributed by atoms with Crippen molar-refractivity contribution in [2.45, 2.75) is 45.3 Å². The molecule has 1 aliphatic heterocycles. The summed E-state index contributed by atoms with van der Waals surface area (Å²) in [6.45, 7) is 4.89.